The van der Waals surface area contributed by atoms with Crippen LogP contribution in [0, 0.1) is 0 Å². The minimum atomic E-state index is 0.861. The number of hydrogen-bond donors (Lipinski definition) is 0. The van der Waals surface area contributed by atoms with Gasteiger partial charge in [0, 0.05) is 17.8 Å². The lowest BCUT2D eigenvalue weighted by molar-refractivity contribution is 1.18. The molecule has 0 rings (SSSR count). The van der Waals surface area contributed by atoms with E-state index in [1.165, 1.54) is 5.57 Å². The van der Waals surface area contributed by atoms with Gasteiger partial charge in [-0.25, -0.2) is 9.98 Å². The van der Waals surface area contributed by atoms with Crippen LogP contribution < -0.4 is 0 Å². The van der Waals surface area contributed by atoms with E-state index in [0.29, 0.717) is 0 Å². The molecule has 84 valence electrons. The van der Waals surface area contributed by atoms with Gasteiger partial charge in [0.05, 0.1) is 0 Å². The van der Waals surface area contributed by atoms with E-state index >= 15 is 0 Å². The van der Waals surface area contributed by atoms with Gasteiger partial charge in [0.1, 0.15) is 5.84 Å². The standard InChI is InChI=1S/C13H22N2/c1-7-10(4)12(6)15-13(9-3)14-11(5)8-2/h7-8H,9H2,1-6H3/b10-7-,11-8-,14-13?,15-12?. The summed E-state index contributed by atoms with van der Waals surface area (Å²) in [6.45, 7) is 12.2. The fraction of sp³-hybridized carbons (Fsp3) is 0.538. The topological polar surface area (TPSA) is 24.7 Å². The van der Waals surface area contributed by atoms with Crippen LogP contribution in [0.2, 0.25) is 0 Å². The molecule has 0 unspecified atom stereocenters. The molecule has 0 saturated heterocycles. The lowest BCUT2D eigenvalue weighted by atomic mass is 10.2. The smallest absolute Gasteiger partial charge is 0.128 e. The van der Waals surface area contributed by atoms with Crippen molar-refractivity contribution in [3.05, 3.63) is 23.4 Å². The molecule has 0 fully saturated rings. The highest BCUT2D eigenvalue weighted by atomic mass is 14.9. The third kappa shape index (κ3) is 5.31. The number of aliphatic imine (C=N–C) groups is 2. The lowest BCUT2D eigenvalue weighted by Crippen LogP contribution is -2.00. The first-order valence-corrected chi connectivity index (χ1v) is 5.44. The zero-order chi connectivity index (χ0) is 11.8. The van der Waals surface area contributed by atoms with E-state index in [2.05, 4.69) is 29.9 Å². The quantitative estimate of drug-likeness (QED) is 0.489. The van der Waals surface area contributed by atoms with Crippen molar-refractivity contribution in [2.75, 3.05) is 0 Å². The van der Waals surface area contributed by atoms with Crippen molar-refractivity contribution in [2.24, 2.45) is 9.98 Å². The summed E-state index contributed by atoms with van der Waals surface area (Å²) >= 11 is 0. The van der Waals surface area contributed by atoms with Gasteiger partial charge in [-0.05, 0) is 40.2 Å². The predicted molar refractivity (Wildman–Crippen MR) is 69.7 cm³/mol. The van der Waals surface area contributed by atoms with E-state index < -0.39 is 0 Å². The first kappa shape index (κ1) is 13.8. The summed E-state index contributed by atoms with van der Waals surface area (Å²) in [5, 5.41) is 0. The number of nitrogens with zero attached hydrogens (tertiary/aromatic N) is 2. The van der Waals surface area contributed by atoms with Crippen molar-refractivity contribution in [2.45, 2.75) is 48.0 Å². The molecule has 0 aliphatic heterocycles. The number of rotatable bonds is 3. The van der Waals surface area contributed by atoms with Crippen LogP contribution in [0.25, 0.3) is 0 Å². The SMILES string of the molecule is C/C=C(/C)N=C(CC)N=C(C)/C(C)=C\C. The molecular weight excluding hydrogens is 184 g/mol. The summed E-state index contributed by atoms with van der Waals surface area (Å²) in [4.78, 5) is 8.94. The monoisotopic (exact) mass is 206 g/mol. The van der Waals surface area contributed by atoms with Crippen LogP contribution in [-0.2, 0) is 0 Å². The second-order valence-corrected chi connectivity index (χ2v) is 3.48. The lowest BCUT2D eigenvalue weighted by Gasteiger charge is -2.02. The van der Waals surface area contributed by atoms with Gasteiger partial charge in [-0.15, -0.1) is 0 Å². The molecular formula is C13H22N2. The highest BCUT2D eigenvalue weighted by Crippen LogP contribution is 2.02. The van der Waals surface area contributed by atoms with Crippen LogP contribution in [-0.4, -0.2) is 11.5 Å². The van der Waals surface area contributed by atoms with Crippen molar-refractivity contribution in [1.82, 2.24) is 0 Å². The first-order chi connectivity index (χ1) is 7.04. The Hall–Kier alpha value is -1.18. The maximum Gasteiger partial charge on any atom is 0.128 e. The van der Waals surface area contributed by atoms with E-state index in [9.17, 15) is 0 Å². The Morgan fingerprint density at radius 1 is 1.00 bits per heavy atom. The summed E-state index contributed by atoms with van der Waals surface area (Å²) in [6.07, 6.45) is 4.91. The van der Waals surface area contributed by atoms with Crippen LogP contribution in [0.4, 0.5) is 0 Å². The van der Waals surface area contributed by atoms with Gasteiger partial charge in [0.15, 0.2) is 0 Å². The predicted octanol–water partition coefficient (Wildman–Crippen LogP) is 4.15. The molecule has 0 spiro atoms. The summed E-state index contributed by atoms with van der Waals surface area (Å²) in [7, 11) is 0. The van der Waals surface area contributed by atoms with Crippen molar-refractivity contribution >= 4 is 11.5 Å². The Morgan fingerprint density at radius 2 is 1.60 bits per heavy atom. The van der Waals surface area contributed by atoms with Crippen molar-refractivity contribution in [3.63, 3.8) is 0 Å². The van der Waals surface area contributed by atoms with E-state index in [4.69, 9.17) is 0 Å². The molecule has 0 heterocycles. The van der Waals surface area contributed by atoms with E-state index in [1.807, 2.05) is 33.8 Å². The van der Waals surface area contributed by atoms with Gasteiger partial charge >= 0.3 is 0 Å². The van der Waals surface area contributed by atoms with Crippen LogP contribution in [0.15, 0.2) is 33.4 Å². The number of amidine groups is 1. The molecule has 0 saturated carbocycles. The highest BCUT2D eigenvalue weighted by molar-refractivity contribution is 6.05. The van der Waals surface area contributed by atoms with E-state index in [1.54, 1.807) is 0 Å². The van der Waals surface area contributed by atoms with Gasteiger partial charge in [0.2, 0.25) is 0 Å². The van der Waals surface area contributed by atoms with Crippen LogP contribution in [0.5, 0.6) is 0 Å². The maximum absolute atomic E-state index is 4.51. The molecule has 2 nitrogen and oxygen atoms in total. The minimum Gasteiger partial charge on any atom is -0.239 e. The Balaban J connectivity index is 4.95. The summed E-state index contributed by atoms with van der Waals surface area (Å²) in [5.41, 5.74) is 3.26. The largest absolute Gasteiger partial charge is 0.239 e. The fourth-order valence-corrected chi connectivity index (χ4v) is 0.942. The zero-order valence-electron chi connectivity index (χ0n) is 10.8. The van der Waals surface area contributed by atoms with Crippen LogP contribution in [0.1, 0.15) is 48.0 Å². The molecule has 0 amide bonds. The van der Waals surface area contributed by atoms with Gasteiger partial charge < -0.3 is 0 Å². The highest BCUT2D eigenvalue weighted by Gasteiger charge is 1.97. The van der Waals surface area contributed by atoms with Crippen LogP contribution >= 0.6 is 0 Å². The Bertz CT molecular complexity index is 317. The molecule has 0 radical (unpaired) electrons. The zero-order valence-corrected chi connectivity index (χ0v) is 10.8. The first-order valence-electron chi connectivity index (χ1n) is 5.44. The number of allylic oxidation sites excluding steroid dienone is 4. The van der Waals surface area contributed by atoms with Crippen LogP contribution in [0.3, 0.4) is 0 Å². The fourth-order valence-electron chi connectivity index (χ4n) is 0.942. The molecule has 0 aliphatic rings. The molecule has 0 bridgehead atoms. The maximum atomic E-state index is 4.51. The molecule has 2 heteroatoms. The number of hydrogen-bond acceptors (Lipinski definition) is 1. The Kier molecular flexibility index (Phi) is 6.59. The van der Waals surface area contributed by atoms with E-state index in [0.717, 1.165) is 23.7 Å². The molecule has 0 aromatic heterocycles. The normalized spacial score (nSPS) is 15.9. The molecule has 0 aromatic rings. The van der Waals surface area contributed by atoms with Crippen molar-refractivity contribution in [3.8, 4) is 0 Å². The van der Waals surface area contributed by atoms with Gasteiger partial charge in [0.25, 0.3) is 0 Å². The third-order valence-corrected chi connectivity index (χ3v) is 2.34. The summed E-state index contributed by atoms with van der Waals surface area (Å²) in [5.74, 6) is 0.893. The average Bonchev–Trinajstić information content (AvgIpc) is 2.26. The van der Waals surface area contributed by atoms with Gasteiger partial charge in [-0.2, -0.15) is 0 Å². The van der Waals surface area contributed by atoms with Crippen molar-refractivity contribution < 1.29 is 0 Å². The molecule has 0 atom stereocenters. The van der Waals surface area contributed by atoms with E-state index in [-0.39, 0.29) is 0 Å². The summed E-state index contributed by atoms with van der Waals surface area (Å²) < 4.78 is 0. The average molecular weight is 206 g/mol. The van der Waals surface area contributed by atoms with Gasteiger partial charge in [-0.1, -0.05) is 19.1 Å². The van der Waals surface area contributed by atoms with Gasteiger partial charge in [-0.3, -0.25) is 0 Å². The minimum absolute atomic E-state index is 0.861. The third-order valence-electron chi connectivity index (χ3n) is 2.34. The molecule has 15 heavy (non-hydrogen) atoms. The molecule has 0 aromatic carbocycles. The van der Waals surface area contributed by atoms with Crippen molar-refractivity contribution in [1.29, 1.82) is 0 Å². The second-order valence-electron chi connectivity index (χ2n) is 3.48. The Morgan fingerprint density at radius 3 is 2.00 bits per heavy atom. The summed E-state index contributed by atoms with van der Waals surface area (Å²) in [6, 6.07) is 0. The molecule has 0 aliphatic carbocycles. The second kappa shape index (κ2) is 7.16. The molecule has 0 N–H and O–H groups in total. The Labute approximate surface area is 93.5 Å².